The predicted octanol–water partition coefficient (Wildman–Crippen LogP) is 2.84. The number of likely N-dealkylation sites (tertiary alicyclic amines) is 1. The molecule has 2 aliphatic rings. The summed E-state index contributed by atoms with van der Waals surface area (Å²) >= 11 is 0. The number of nitrogens with one attached hydrogen (secondary N) is 4. The molecule has 12 heteroatoms. The third-order valence-electron chi connectivity index (χ3n) is 8.09. The Kier molecular flexibility index (Phi) is 10.6. The van der Waals surface area contributed by atoms with Crippen LogP contribution in [-0.2, 0) is 20.8 Å². The highest BCUT2D eigenvalue weighted by Gasteiger charge is 2.41. The molecule has 2 aromatic rings. The first-order valence-electron chi connectivity index (χ1n) is 15.0. The molecule has 2 aromatic carbocycles. The Labute approximate surface area is 257 Å². The zero-order chi connectivity index (χ0) is 32.0. The summed E-state index contributed by atoms with van der Waals surface area (Å²) in [5.74, 6) is -1.42. The standard InChI is InChI=1S/C32H43F2N7O3/c1-21(35-5)29(42)36-28(32(2,3)4)31(44)40-17-6-7-26(40)19-39(18-16-22-8-10-23(33)11-9-22)30(43)27-20-41(38-37-27)25-14-12-24(34)13-15-25/h8-15,20-21,26,28,35,37-38H,6-7,16-19H2,1-5H3,(H,36,42)/t21-,26-,28+/m0/s1. The van der Waals surface area contributed by atoms with Gasteiger partial charge in [0.25, 0.3) is 5.91 Å². The van der Waals surface area contributed by atoms with Gasteiger partial charge in [0.1, 0.15) is 23.4 Å². The Bertz CT molecular complexity index is 1350. The average molecular weight is 612 g/mol. The third-order valence-corrected chi connectivity index (χ3v) is 8.09. The zero-order valence-corrected chi connectivity index (χ0v) is 26.0. The Morgan fingerprint density at radius 2 is 1.68 bits per heavy atom. The summed E-state index contributed by atoms with van der Waals surface area (Å²) in [4.78, 5) is 44.1. The Hall–Kier alpha value is -4.03. The van der Waals surface area contributed by atoms with E-state index in [-0.39, 0.29) is 47.6 Å². The molecule has 0 unspecified atom stereocenters. The molecule has 1 saturated heterocycles. The molecule has 2 heterocycles. The van der Waals surface area contributed by atoms with Crippen molar-refractivity contribution in [2.45, 2.75) is 65.1 Å². The molecule has 4 rings (SSSR count). The summed E-state index contributed by atoms with van der Waals surface area (Å²) in [5.41, 5.74) is 7.07. The molecule has 0 aliphatic carbocycles. The van der Waals surface area contributed by atoms with Crippen molar-refractivity contribution in [2.75, 3.05) is 31.7 Å². The fourth-order valence-corrected chi connectivity index (χ4v) is 5.31. The molecule has 4 N–H and O–H groups in total. The second kappa shape index (κ2) is 14.2. The topological polar surface area (TPSA) is 109 Å². The van der Waals surface area contributed by atoms with E-state index < -0.39 is 17.5 Å². The molecule has 238 valence electrons. The van der Waals surface area contributed by atoms with Gasteiger partial charge in [0.2, 0.25) is 11.8 Å². The fraction of sp³-hybridized carbons (Fsp3) is 0.469. The van der Waals surface area contributed by atoms with Gasteiger partial charge >= 0.3 is 0 Å². The molecular weight excluding hydrogens is 568 g/mol. The van der Waals surface area contributed by atoms with Gasteiger partial charge in [-0.1, -0.05) is 32.9 Å². The minimum atomic E-state index is -0.748. The molecule has 0 radical (unpaired) electrons. The predicted molar refractivity (Wildman–Crippen MR) is 165 cm³/mol. The van der Waals surface area contributed by atoms with E-state index in [1.165, 1.54) is 24.3 Å². The second-order valence-electron chi connectivity index (χ2n) is 12.4. The molecule has 0 bridgehead atoms. The van der Waals surface area contributed by atoms with Crippen molar-refractivity contribution in [3.05, 3.63) is 77.6 Å². The number of likely N-dealkylation sites (N-methyl/N-ethyl adjacent to an activating group) is 1. The zero-order valence-electron chi connectivity index (χ0n) is 26.0. The first kappa shape index (κ1) is 32.9. The Morgan fingerprint density at radius 3 is 2.30 bits per heavy atom. The van der Waals surface area contributed by atoms with Gasteiger partial charge < -0.3 is 20.4 Å². The molecule has 2 aliphatic heterocycles. The van der Waals surface area contributed by atoms with Gasteiger partial charge in [-0.15, -0.1) is 5.53 Å². The molecule has 0 spiro atoms. The molecule has 10 nitrogen and oxygen atoms in total. The van der Waals surface area contributed by atoms with Crippen molar-refractivity contribution in [3.63, 3.8) is 0 Å². The highest BCUT2D eigenvalue weighted by Crippen LogP contribution is 2.27. The van der Waals surface area contributed by atoms with Crippen LogP contribution in [0.15, 0.2) is 60.4 Å². The summed E-state index contributed by atoms with van der Waals surface area (Å²) in [5, 5.41) is 7.44. The number of benzene rings is 2. The van der Waals surface area contributed by atoms with Gasteiger partial charge in [0.15, 0.2) is 0 Å². The maximum absolute atomic E-state index is 14.0. The minimum absolute atomic E-state index is 0.176. The van der Waals surface area contributed by atoms with Crippen LogP contribution < -0.4 is 26.6 Å². The van der Waals surface area contributed by atoms with Crippen molar-refractivity contribution in [3.8, 4) is 0 Å². The molecule has 0 aromatic heterocycles. The fourth-order valence-electron chi connectivity index (χ4n) is 5.31. The molecule has 3 amide bonds. The van der Waals surface area contributed by atoms with Crippen molar-refractivity contribution in [1.82, 2.24) is 31.4 Å². The van der Waals surface area contributed by atoms with Crippen LogP contribution in [0.1, 0.15) is 46.1 Å². The molecule has 3 atom stereocenters. The normalized spacial score (nSPS) is 18.0. The maximum Gasteiger partial charge on any atom is 0.273 e. The maximum atomic E-state index is 14.0. The number of halogens is 2. The largest absolute Gasteiger partial charge is 0.342 e. The molecule has 0 saturated carbocycles. The monoisotopic (exact) mass is 611 g/mol. The van der Waals surface area contributed by atoms with Gasteiger partial charge in [0.05, 0.1) is 17.9 Å². The van der Waals surface area contributed by atoms with Crippen LogP contribution in [-0.4, -0.2) is 72.3 Å². The van der Waals surface area contributed by atoms with Crippen LogP contribution >= 0.6 is 0 Å². The first-order chi connectivity index (χ1) is 20.9. The van der Waals surface area contributed by atoms with Crippen LogP contribution in [0.25, 0.3) is 0 Å². The van der Waals surface area contributed by atoms with Crippen molar-refractivity contribution in [1.29, 1.82) is 0 Å². The highest BCUT2D eigenvalue weighted by molar-refractivity contribution is 5.94. The summed E-state index contributed by atoms with van der Waals surface area (Å²) in [6, 6.07) is 10.5. The van der Waals surface area contributed by atoms with E-state index in [0.29, 0.717) is 31.6 Å². The number of hydrogen-bond acceptors (Lipinski definition) is 7. The number of carbonyl (C=O) groups excluding carboxylic acids is 3. The summed E-state index contributed by atoms with van der Waals surface area (Å²) in [6.07, 6.45) is 3.56. The minimum Gasteiger partial charge on any atom is -0.342 e. The number of carbonyl (C=O) groups is 3. The van der Waals surface area contributed by atoms with Gasteiger partial charge in [-0.3, -0.25) is 24.8 Å². The average Bonchev–Trinajstić information content (AvgIpc) is 3.68. The summed E-state index contributed by atoms with van der Waals surface area (Å²) in [6.45, 7) is 8.62. The lowest BCUT2D eigenvalue weighted by Crippen LogP contribution is -2.59. The lowest BCUT2D eigenvalue weighted by atomic mass is 9.85. The smallest absolute Gasteiger partial charge is 0.273 e. The SMILES string of the molecule is CN[C@@H](C)C(=O)N[C@H](C(=O)N1CCC[C@H]1CN(CCc1ccc(F)cc1)C(=O)C1=CN(c2ccc(F)cc2)NN1)C(C)(C)C. The number of nitrogens with zero attached hydrogens (tertiary/aromatic N) is 3. The molecule has 44 heavy (non-hydrogen) atoms. The van der Waals surface area contributed by atoms with Crippen LogP contribution in [0, 0.1) is 17.0 Å². The Balaban J connectivity index is 1.54. The number of rotatable bonds is 11. The quantitative estimate of drug-likeness (QED) is 0.310. The number of anilines is 1. The van der Waals surface area contributed by atoms with Crippen molar-refractivity contribution in [2.24, 2.45) is 5.41 Å². The van der Waals surface area contributed by atoms with Crippen LogP contribution in [0.4, 0.5) is 14.5 Å². The first-order valence-corrected chi connectivity index (χ1v) is 15.0. The molecule has 1 fully saturated rings. The van der Waals surface area contributed by atoms with E-state index in [0.717, 1.165) is 12.0 Å². The van der Waals surface area contributed by atoms with E-state index in [2.05, 4.69) is 21.6 Å². The van der Waals surface area contributed by atoms with Crippen molar-refractivity contribution >= 4 is 23.4 Å². The van der Waals surface area contributed by atoms with E-state index in [9.17, 15) is 23.2 Å². The van der Waals surface area contributed by atoms with Gasteiger partial charge in [-0.2, -0.15) is 0 Å². The van der Waals surface area contributed by atoms with Crippen LogP contribution in [0.5, 0.6) is 0 Å². The number of hydrazine groups is 2. The van der Waals surface area contributed by atoms with Gasteiger partial charge in [0, 0.05) is 25.7 Å². The van der Waals surface area contributed by atoms with E-state index in [1.807, 2.05) is 20.8 Å². The lowest BCUT2D eigenvalue weighted by molar-refractivity contribution is -0.141. The number of amides is 3. The van der Waals surface area contributed by atoms with E-state index >= 15 is 0 Å². The lowest BCUT2D eigenvalue weighted by Gasteiger charge is -2.37. The Morgan fingerprint density at radius 1 is 1.05 bits per heavy atom. The van der Waals surface area contributed by atoms with Crippen molar-refractivity contribution < 1.29 is 23.2 Å². The highest BCUT2D eigenvalue weighted by atomic mass is 19.1. The van der Waals surface area contributed by atoms with Crippen LogP contribution in [0.3, 0.4) is 0 Å². The van der Waals surface area contributed by atoms with Gasteiger partial charge in [-0.05, 0) is 80.6 Å². The van der Waals surface area contributed by atoms with Crippen LogP contribution in [0.2, 0.25) is 0 Å². The summed E-state index contributed by atoms with van der Waals surface area (Å²) < 4.78 is 27.0. The van der Waals surface area contributed by atoms with E-state index in [1.54, 1.807) is 59.2 Å². The van der Waals surface area contributed by atoms with E-state index in [4.69, 9.17) is 0 Å². The third kappa shape index (κ3) is 8.11. The number of hydrogen-bond donors (Lipinski definition) is 4. The second-order valence-corrected chi connectivity index (χ2v) is 12.4. The van der Waals surface area contributed by atoms with Gasteiger partial charge in [-0.25, -0.2) is 8.78 Å². The molecular formula is C32H43F2N7O3. The summed E-state index contributed by atoms with van der Waals surface area (Å²) in [7, 11) is 1.69.